The molecule has 4 heteroatoms. The highest BCUT2D eigenvalue weighted by molar-refractivity contribution is 5.79. The minimum Gasteiger partial charge on any atom is -0.381 e. The maximum Gasteiger partial charge on any atom is 0.228 e. The van der Waals surface area contributed by atoms with Gasteiger partial charge in [0.15, 0.2) is 0 Å². The molecule has 136 valence electrons. The van der Waals surface area contributed by atoms with E-state index in [1.807, 2.05) is 0 Å². The number of nitrogens with zero attached hydrogens (tertiary/aromatic N) is 1. The Morgan fingerprint density at radius 1 is 1.36 bits per heavy atom. The fourth-order valence-corrected chi connectivity index (χ4v) is 4.95. The van der Waals surface area contributed by atoms with Gasteiger partial charge in [-0.15, -0.1) is 0 Å². The van der Waals surface area contributed by atoms with E-state index in [1.165, 1.54) is 16.7 Å². The van der Waals surface area contributed by atoms with Crippen LogP contribution in [0, 0.1) is 12.8 Å². The van der Waals surface area contributed by atoms with Crippen LogP contribution in [0.1, 0.15) is 55.4 Å². The van der Waals surface area contributed by atoms with Crippen molar-refractivity contribution < 1.29 is 14.3 Å². The second-order valence-corrected chi connectivity index (χ2v) is 7.90. The van der Waals surface area contributed by atoms with Crippen LogP contribution < -0.4 is 0 Å². The van der Waals surface area contributed by atoms with Crippen LogP contribution in [0.3, 0.4) is 0 Å². The van der Waals surface area contributed by atoms with Crippen molar-refractivity contribution in [3.63, 3.8) is 0 Å². The Kier molecular flexibility index (Phi) is 4.59. The van der Waals surface area contributed by atoms with Crippen molar-refractivity contribution in [2.45, 2.75) is 51.0 Å². The zero-order valence-electron chi connectivity index (χ0n) is 15.4. The van der Waals surface area contributed by atoms with E-state index in [0.29, 0.717) is 12.5 Å². The van der Waals surface area contributed by atoms with Crippen LogP contribution in [0.15, 0.2) is 18.2 Å². The molecule has 4 rings (SSSR count). The fraction of sp³-hybridized carbons (Fsp3) is 0.667. The first-order valence-corrected chi connectivity index (χ1v) is 9.72. The van der Waals surface area contributed by atoms with Crippen LogP contribution in [0.5, 0.6) is 0 Å². The van der Waals surface area contributed by atoms with Crippen molar-refractivity contribution in [3.05, 3.63) is 34.9 Å². The van der Waals surface area contributed by atoms with Crippen LogP contribution in [0.4, 0.5) is 0 Å². The molecule has 2 heterocycles. The van der Waals surface area contributed by atoms with Gasteiger partial charge in [-0.05, 0) is 50.7 Å². The Hall–Kier alpha value is -1.39. The molecule has 0 N–H and O–H groups in total. The molecule has 1 aromatic rings. The topological polar surface area (TPSA) is 38.8 Å². The summed E-state index contributed by atoms with van der Waals surface area (Å²) < 4.78 is 11.5. The summed E-state index contributed by atoms with van der Waals surface area (Å²) in [4.78, 5) is 14.8. The van der Waals surface area contributed by atoms with Crippen LogP contribution >= 0.6 is 0 Å². The van der Waals surface area contributed by atoms with E-state index in [-0.39, 0.29) is 17.4 Å². The van der Waals surface area contributed by atoms with E-state index in [2.05, 4.69) is 36.9 Å². The minimum atomic E-state index is 0.0864. The van der Waals surface area contributed by atoms with Gasteiger partial charge in [0.1, 0.15) is 0 Å². The summed E-state index contributed by atoms with van der Waals surface area (Å²) in [5.41, 5.74) is 4.35. The van der Waals surface area contributed by atoms with Gasteiger partial charge < -0.3 is 14.4 Å². The van der Waals surface area contributed by atoms with Gasteiger partial charge in [-0.2, -0.15) is 0 Å². The van der Waals surface area contributed by atoms with Crippen molar-refractivity contribution in [2.75, 3.05) is 32.9 Å². The molecule has 0 radical (unpaired) electrons. The summed E-state index contributed by atoms with van der Waals surface area (Å²) in [5.74, 6) is 0.388. The lowest BCUT2D eigenvalue weighted by Crippen LogP contribution is -2.46. The number of hydrogen-bond acceptors (Lipinski definition) is 3. The van der Waals surface area contributed by atoms with E-state index in [1.54, 1.807) is 0 Å². The molecule has 2 atom stereocenters. The average molecular weight is 343 g/mol. The summed E-state index contributed by atoms with van der Waals surface area (Å²) in [6.07, 6.45) is 4.26. The molecule has 0 bridgehead atoms. The van der Waals surface area contributed by atoms with Crippen molar-refractivity contribution in [3.8, 4) is 0 Å². The quantitative estimate of drug-likeness (QED) is 0.845. The lowest BCUT2D eigenvalue weighted by atomic mass is 9.73. The zero-order valence-corrected chi connectivity index (χ0v) is 15.4. The number of fused-ring (bicyclic) bond motifs is 2. The second-order valence-electron chi connectivity index (χ2n) is 7.90. The predicted molar refractivity (Wildman–Crippen MR) is 96.6 cm³/mol. The molecule has 2 aliphatic heterocycles. The molecular weight excluding hydrogens is 314 g/mol. The Balaban J connectivity index is 1.52. The van der Waals surface area contributed by atoms with Gasteiger partial charge in [0.05, 0.1) is 18.6 Å². The normalized spacial score (nSPS) is 27.7. The molecular formula is C21H29NO3. The van der Waals surface area contributed by atoms with Gasteiger partial charge in [0.2, 0.25) is 5.91 Å². The number of rotatable bonds is 3. The standard InChI is InChI=1S/C21H29NO3/c1-3-25-19-13-21(18-12-15(2)4-5-17(18)19)7-9-22(10-8-21)20(23)16-6-11-24-14-16/h4-5,12,16,19H,3,6-11,13-14H2,1-2H3. The molecule has 1 spiro atoms. The molecule has 0 aromatic heterocycles. The average Bonchev–Trinajstić information content (AvgIpc) is 3.24. The predicted octanol–water partition coefficient (Wildman–Crippen LogP) is 3.37. The molecule has 25 heavy (non-hydrogen) atoms. The number of carbonyl (C=O) groups excluding carboxylic acids is 1. The lowest BCUT2D eigenvalue weighted by Gasteiger charge is -2.41. The number of amides is 1. The minimum absolute atomic E-state index is 0.0864. The van der Waals surface area contributed by atoms with E-state index in [0.717, 1.165) is 52.0 Å². The number of likely N-dealkylation sites (tertiary alicyclic amines) is 1. The van der Waals surface area contributed by atoms with Crippen molar-refractivity contribution >= 4 is 5.91 Å². The Morgan fingerprint density at radius 2 is 2.16 bits per heavy atom. The number of aryl methyl sites for hydroxylation is 1. The largest absolute Gasteiger partial charge is 0.381 e. The maximum atomic E-state index is 12.7. The Labute approximate surface area is 150 Å². The highest BCUT2D eigenvalue weighted by atomic mass is 16.5. The van der Waals surface area contributed by atoms with E-state index in [4.69, 9.17) is 9.47 Å². The zero-order chi connectivity index (χ0) is 17.4. The highest BCUT2D eigenvalue weighted by Gasteiger charge is 2.46. The summed E-state index contributed by atoms with van der Waals surface area (Å²) >= 11 is 0. The van der Waals surface area contributed by atoms with Crippen LogP contribution in [0.2, 0.25) is 0 Å². The van der Waals surface area contributed by atoms with Gasteiger partial charge in [-0.1, -0.05) is 23.8 Å². The molecule has 3 aliphatic rings. The van der Waals surface area contributed by atoms with E-state index in [9.17, 15) is 4.79 Å². The molecule has 4 nitrogen and oxygen atoms in total. The monoisotopic (exact) mass is 343 g/mol. The molecule has 0 saturated carbocycles. The number of benzene rings is 1. The summed E-state index contributed by atoms with van der Waals surface area (Å²) in [6.45, 7) is 8.06. The number of piperidine rings is 1. The van der Waals surface area contributed by atoms with E-state index < -0.39 is 0 Å². The third kappa shape index (κ3) is 3.00. The van der Waals surface area contributed by atoms with Crippen LogP contribution in [-0.4, -0.2) is 43.7 Å². The lowest BCUT2D eigenvalue weighted by molar-refractivity contribution is -0.137. The third-order valence-corrected chi connectivity index (χ3v) is 6.38. The highest BCUT2D eigenvalue weighted by Crippen LogP contribution is 2.52. The molecule has 2 fully saturated rings. The van der Waals surface area contributed by atoms with E-state index >= 15 is 0 Å². The summed E-state index contributed by atoms with van der Waals surface area (Å²) in [7, 11) is 0. The Morgan fingerprint density at radius 3 is 2.84 bits per heavy atom. The summed E-state index contributed by atoms with van der Waals surface area (Å²) in [5, 5.41) is 0. The first-order chi connectivity index (χ1) is 12.1. The molecule has 2 saturated heterocycles. The second kappa shape index (κ2) is 6.73. The fourth-order valence-electron chi connectivity index (χ4n) is 4.95. The van der Waals surface area contributed by atoms with Gasteiger partial charge >= 0.3 is 0 Å². The van der Waals surface area contributed by atoms with Gasteiger partial charge in [-0.3, -0.25) is 4.79 Å². The number of carbonyl (C=O) groups is 1. The van der Waals surface area contributed by atoms with Crippen molar-refractivity contribution in [1.29, 1.82) is 0 Å². The number of hydrogen-bond donors (Lipinski definition) is 0. The third-order valence-electron chi connectivity index (χ3n) is 6.38. The van der Waals surface area contributed by atoms with Gasteiger partial charge in [0, 0.05) is 31.7 Å². The molecule has 1 aliphatic carbocycles. The van der Waals surface area contributed by atoms with Gasteiger partial charge in [-0.25, -0.2) is 0 Å². The molecule has 1 aromatic carbocycles. The first-order valence-electron chi connectivity index (χ1n) is 9.72. The molecule has 1 amide bonds. The summed E-state index contributed by atoms with van der Waals surface area (Å²) in [6, 6.07) is 6.81. The Bertz CT molecular complexity index is 643. The van der Waals surface area contributed by atoms with Gasteiger partial charge in [0.25, 0.3) is 0 Å². The maximum absolute atomic E-state index is 12.7. The van der Waals surface area contributed by atoms with Crippen molar-refractivity contribution in [2.24, 2.45) is 5.92 Å². The molecule has 2 unspecified atom stereocenters. The van der Waals surface area contributed by atoms with Crippen LogP contribution in [0.25, 0.3) is 0 Å². The smallest absolute Gasteiger partial charge is 0.228 e. The number of ether oxygens (including phenoxy) is 2. The SMILES string of the molecule is CCOC1CC2(CCN(C(=O)C3CCOC3)CC2)c2cc(C)ccc21. The van der Waals surface area contributed by atoms with Crippen LogP contribution in [-0.2, 0) is 19.7 Å². The first kappa shape index (κ1) is 17.0. The van der Waals surface area contributed by atoms with Crippen molar-refractivity contribution in [1.82, 2.24) is 4.90 Å².